The van der Waals surface area contributed by atoms with Gasteiger partial charge in [-0.1, -0.05) is 170 Å². The van der Waals surface area contributed by atoms with E-state index in [1.54, 1.807) is 0 Å². The van der Waals surface area contributed by atoms with Crippen molar-refractivity contribution in [3.05, 3.63) is 241 Å². The number of benzene rings is 10. The van der Waals surface area contributed by atoms with Crippen molar-refractivity contribution in [3.63, 3.8) is 0 Å². The first-order chi connectivity index (χ1) is 30.7. The van der Waals surface area contributed by atoms with Crippen LogP contribution < -0.4 is 4.74 Å². The quantitative estimate of drug-likeness (QED) is 0.167. The number of hydrogen-bond donors (Lipinski definition) is 0. The number of ether oxygens (including phenoxy) is 1. The molecule has 62 heavy (non-hydrogen) atoms. The summed E-state index contributed by atoms with van der Waals surface area (Å²) in [5.41, 5.74) is 13.5. The number of rotatable bonds is 4. The van der Waals surface area contributed by atoms with E-state index >= 15 is 0 Å². The highest BCUT2D eigenvalue weighted by molar-refractivity contribution is 6.26. The zero-order valence-electron chi connectivity index (χ0n) is 33.6. The summed E-state index contributed by atoms with van der Waals surface area (Å²) in [6.45, 7) is 0. The van der Waals surface area contributed by atoms with E-state index in [2.05, 4.69) is 212 Å². The van der Waals surface area contributed by atoms with E-state index < -0.39 is 5.41 Å². The Morgan fingerprint density at radius 2 is 0.839 bits per heavy atom. The summed E-state index contributed by atoms with van der Waals surface area (Å²) in [4.78, 5) is 10.7. The Balaban J connectivity index is 1.08. The van der Waals surface area contributed by atoms with Crippen LogP contribution in [0.3, 0.4) is 0 Å². The maximum atomic E-state index is 6.90. The standard InChI is InChI=1S/C59H36N2O/c1-3-16-37(17-4-1)39-20-15-21-40(32-39)55-36-54(38-18-5-2-6-19-38)60-58(61-55)41-30-31-57-53(33-41)59(51-28-13-14-29-56(51)62-57)50-27-12-11-26-46(50)49-34-47-44-24-9-7-22-42(44)43-23-8-10-25-45(43)48(47)35-52(49)59/h1-36H. The predicted molar refractivity (Wildman–Crippen MR) is 254 cm³/mol. The van der Waals surface area contributed by atoms with Gasteiger partial charge in [-0.15, -0.1) is 0 Å². The van der Waals surface area contributed by atoms with E-state index in [0.29, 0.717) is 5.82 Å². The lowest BCUT2D eigenvalue weighted by molar-refractivity contribution is 0.436. The summed E-state index contributed by atoms with van der Waals surface area (Å²) in [6, 6.07) is 78.4. The molecule has 1 unspecified atom stereocenters. The second-order valence-corrected chi connectivity index (χ2v) is 16.4. The van der Waals surface area contributed by atoms with Gasteiger partial charge in [0, 0.05) is 27.8 Å². The molecular weight excluding hydrogens is 753 g/mol. The minimum absolute atomic E-state index is 0.658. The van der Waals surface area contributed by atoms with Crippen molar-refractivity contribution in [3.8, 4) is 67.7 Å². The number of nitrogens with zero attached hydrogens (tertiary/aromatic N) is 2. The van der Waals surface area contributed by atoms with Crippen LogP contribution in [0, 0.1) is 0 Å². The minimum atomic E-state index is -0.684. The van der Waals surface area contributed by atoms with Crippen LogP contribution in [0.1, 0.15) is 22.3 Å². The van der Waals surface area contributed by atoms with Crippen LogP contribution in [-0.4, -0.2) is 9.97 Å². The van der Waals surface area contributed by atoms with E-state index in [4.69, 9.17) is 14.7 Å². The number of para-hydroxylation sites is 1. The summed E-state index contributed by atoms with van der Waals surface area (Å²) in [5.74, 6) is 2.35. The molecule has 3 heteroatoms. The highest BCUT2D eigenvalue weighted by Crippen LogP contribution is 2.63. The van der Waals surface area contributed by atoms with Gasteiger partial charge in [0.25, 0.3) is 0 Å². The molecule has 1 aliphatic heterocycles. The van der Waals surface area contributed by atoms with Crippen LogP contribution in [0.2, 0.25) is 0 Å². The number of hydrogen-bond acceptors (Lipinski definition) is 3. The second-order valence-electron chi connectivity index (χ2n) is 16.4. The first kappa shape index (κ1) is 34.7. The highest BCUT2D eigenvalue weighted by atomic mass is 16.5. The number of aromatic nitrogens is 2. The Hall–Kier alpha value is -8.14. The lowest BCUT2D eigenvalue weighted by Gasteiger charge is -2.39. The molecule has 0 bridgehead atoms. The Morgan fingerprint density at radius 1 is 0.290 bits per heavy atom. The van der Waals surface area contributed by atoms with Gasteiger partial charge in [0.15, 0.2) is 5.82 Å². The highest BCUT2D eigenvalue weighted by Gasteiger charge is 2.51. The van der Waals surface area contributed by atoms with Crippen molar-refractivity contribution in [1.29, 1.82) is 0 Å². The Labute approximate surface area is 359 Å². The topological polar surface area (TPSA) is 35.0 Å². The van der Waals surface area contributed by atoms with E-state index in [1.165, 1.54) is 60.1 Å². The zero-order valence-corrected chi connectivity index (χ0v) is 33.6. The molecule has 0 saturated heterocycles. The SMILES string of the molecule is c1ccc(-c2cccc(-c3cc(-c4ccccc4)nc(-c4ccc5c(c4)C4(c6ccccc6O5)c5ccccc5-c5cc6c7ccccc7c7ccccc7c6cc54)n3)c2)cc1. The molecular formula is C59H36N2O. The molecule has 0 radical (unpaired) electrons. The van der Waals surface area contributed by atoms with Gasteiger partial charge in [-0.25, -0.2) is 9.97 Å². The van der Waals surface area contributed by atoms with Gasteiger partial charge in [0.1, 0.15) is 11.5 Å². The molecule has 13 rings (SSSR count). The summed E-state index contributed by atoms with van der Waals surface area (Å²) in [6.07, 6.45) is 0. The third-order valence-corrected chi connectivity index (χ3v) is 13.1. The van der Waals surface area contributed by atoms with Gasteiger partial charge in [0.2, 0.25) is 0 Å². The first-order valence-electron chi connectivity index (χ1n) is 21.2. The first-order valence-corrected chi connectivity index (χ1v) is 21.2. The Kier molecular flexibility index (Phi) is 7.52. The van der Waals surface area contributed by atoms with Crippen LogP contribution in [0.15, 0.2) is 218 Å². The van der Waals surface area contributed by atoms with Crippen LogP contribution in [0.5, 0.6) is 11.5 Å². The van der Waals surface area contributed by atoms with Crippen LogP contribution >= 0.6 is 0 Å². The smallest absolute Gasteiger partial charge is 0.160 e. The lowest BCUT2D eigenvalue weighted by atomic mass is 9.65. The normalized spacial score (nSPS) is 14.6. The van der Waals surface area contributed by atoms with Crippen molar-refractivity contribution >= 4 is 32.3 Å². The largest absolute Gasteiger partial charge is 0.457 e. The van der Waals surface area contributed by atoms with Crippen LogP contribution in [0.4, 0.5) is 0 Å². The fourth-order valence-corrected chi connectivity index (χ4v) is 10.4. The van der Waals surface area contributed by atoms with Crippen molar-refractivity contribution < 1.29 is 4.74 Å². The van der Waals surface area contributed by atoms with Crippen molar-refractivity contribution in [1.82, 2.24) is 9.97 Å². The average Bonchev–Trinajstić information content (AvgIpc) is 3.63. The molecule has 0 saturated carbocycles. The van der Waals surface area contributed by atoms with Crippen molar-refractivity contribution in [2.45, 2.75) is 5.41 Å². The second kappa shape index (κ2) is 13.4. The van der Waals surface area contributed by atoms with Gasteiger partial charge >= 0.3 is 0 Å². The van der Waals surface area contributed by atoms with Gasteiger partial charge in [0.05, 0.1) is 16.8 Å². The van der Waals surface area contributed by atoms with Gasteiger partial charge in [-0.3, -0.25) is 0 Å². The molecule has 2 heterocycles. The van der Waals surface area contributed by atoms with Gasteiger partial charge in [-0.05, 0) is 114 Å². The molecule has 3 nitrogen and oxygen atoms in total. The molecule has 0 amide bonds. The Morgan fingerprint density at radius 3 is 1.58 bits per heavy atom. The summed E-state index contributed by atoms with van der Waals surface area (Å²) >= 11 is 0. The van der Waals surface area contributed by atoms with Gasteiger partial charge < -0.3 is 4.74 Å². The molecule has 288 valence electrons. The van der Waals surface area contributed by atoms with Crippen LogP contribution in [-0.2, 0) is 5.41 Å². The maximum Gasteiger partial charge on any atom is 0.160 e. The van der Waals surface area contributed by atoms with Gasteiger partial charge in [-0.2, -0.15) is 0 Å². The minimum Gasteiger partial charge on any atom is -0.457 e. The molecule has 1 spiro atoms. The van der Waals surface area contributed by atoms with E-state index in [1.807, 2.05) is 6.07 Å². The zero-order chi connectivity index (χ0) is 40.8. The van der Waals surface area contributed by atoms with Crippen molar-refractivity contribution in [2.75, 3.05) is 0 Å². The summed E-state index contributed by atoms with van der Waals surface area (Å²) < 4.78 is 6.90. The summed E-state index contributed by atoms with van der Waals surface area (Å²) in [7, 11) is 0. The predicted octanol–water partition coefficient (Wildman–Crippen LogP) is 15.1. The van der Waals surface area contributed by atoms with Crippen LogP contribution in [0.25, 0.3) is 88.5 Å². The molecule has 1 aromatic heterocycles. The molecule has 2 aliphatic rings. The third kappa shape index (κ3) is 5.06. The lowest BCUT2D eigenvalue weighted by Crippen LogP contribution is -2.32. The molecule has 10 aromatic carbocycles. The molecule has 1 atom stereocenters. The molecule has 0 N–H and O–H groups in total. The van der Waals surface area contributed by atoms with E-state index in [9.17, 15) is 0 Å². The molecule has 11 aromatic rings. The van der Waals surface area contributed by atoms with Crippen molar-refractivity contribution in [2.24, 2.45) is 0 Å². The fraction of sp³-hybridized carbons (Fsp3) is 0.0169. The Bertz CT molecular complexity index is 3610. The number of fused-ring (bicyclic) bond motifs is 15. The van der Waals surface area contributed by atoms with E-state index in [-0.39, 0.29) is 0 Å². The molecule has 1 aliphatic carbocycles. The average molecular weight is 789 g/mol. The maximum absolute atomic E-state index is 6.90. The third-order valence-electron chi connectivity index (χ3n) is 13.1. The molecule has 0 fully saturated rings. The summed E-state index contributed by atoms with van der Waals surface area (Å²) in [5, 5.41) is 7.54. The van der Waals surface area contributed by atoms with E-state index in [0.717, 1.165) is 56.3 Å². The fourth-order valence-electron chi connectivity index (χ4n) is 10.4. The monoisotopic (exact) mass is 788 g/mol.